The average molecular weight is 216 g/mol. The third-order valence-corrected chi connectivity index (χ3v) is 3.77. The van der Waals surface area contributed by atoms with Gasteiger partial charge in [0.1, 0.15) is 0 Å². The molecule has 0 radical (unpaired) electrons. The Morgan fingerprint density at radius 2 is 2.29 bits per heavy atom. The van der Waals surface area contributed by atoms with E-state index < -0.39 is 0 Å². The number of piperazine rings is 1. The van der Waals surface area contributed by atoms with E-state index in [0.29, 0.717) is 0 Å². The van der Waals surface area contributed by atoms with E-state index in [4.69, 9.17) is 0 Å². The van der Waals surface area contributed by atoms with E-state index in [1.165, 1.54) is 37.7 Å². The zero-order valence-electron chi connectivity index (χ0n) is 9.75. The number of thioether (sulfide) groups is 1. The maximum Gasteiger partial charge on any atom is 0.0244 e. The number of nitrogens with one attached hydrogen (secondary N) is 1. The Morgan fingerprint density at radius 1 is 1.50 bits per heavy atom. The highest BCUT2D eigenvalue weighted by Gasteiger charge is 2.23. The monoisotopic (exact) mass is 216 g/mol. The molecule has 0 aliphatic carbocycles. The predicted octanol–water partition coefficient (Wildman–Crippen LogP) is 1.67. The molecule has 84 valence electrons. The standard InChI is InChI=1S/C11H24N2S/c1-4-14-8-7-13-6-5-12-9-11(13)10(2)3/h10-12H,4-9H2,1-3H3. The molecule has 3 heteroatoms. The molecule has 1 unspecified atom stereocenters. The second-order valence-corrected chi connectivity index (χ2v) is 5.64. The third-order valence-electron chi connectivity index (χ3n) is 2.89. The van der Waals surface area contributed by atoms with Gasteiger partial charge in [-0.1, -0.05) is 20.8 Å². The molecule has 1 aliphatic rings. The lowest BCUT2D eigenvalue weighted by Crippen LogP contribution is -2.54. The molecular weight excluding hydrogens is 192 g/mol. The second-order valence-electron chi connectivity index (χ2n) is 4.25. The molecule has 14 heavy (non-hydrogen) atoms. The number of rotatable bonds is 5. The first kappa shape index (κ1) is 12.3. The van der Waals surface area contributed by atoms with Crippen LogP contribution in [0.4, 0.5) is 0 Å². The lowest BCUT2D eigenvalue weighted by molar-refractivity contribution is 0.133. The van der Waals surface area contributed by atoms with Crippen LogP contribution in [0.2, 0.25) is 0 Å². The van der Waals surface area contributed by atoms with Crippen LogP contribution in [0.25, 0.3) is 0 Å². The minimum atomic E-state index is 0.751. The van der Waals surface area contributed by atoms with Crippen LogP contribution >= 0.6 is 11.8 Å². The van der Waals surface area contributed by atoms with E-state index in [1.54, 1.807) is 0 Å². The lowest BCUT2D eigenvalue weighted by Gasteiger charge is -2.38. The Balaban J connectivity index is 2.30. The van der Waals surface area contributed by atoms with Gasteiger partial charge in [0.25, 0.3) is 0 Å². The van der Waals surface area contributed by atoms with Crippen molar-refractivity contribution in [2.24, 2.45) is 5.92 Å². The van der Waals surface area contributed by atoms with E-state index in [2.05, 4.69) is 42.7 Å². The van der Waals surface area contributed by atoms with Gasteiger partial charge in [-0.25, -0.2) is 0 Å². The first-order valence-corrected chi connectivity index (χ1v) is 6.93. The molecule has 0 aromatic rings. The Hall–Kier alpha value is 0.270. The summed E-state index contributed by atoms with van der Waals surface area (Å²) in [6.07, 6.45) is 0. The summed E-state index contributed by atoms with van der Waals surface area (Å²) in [6, 6.07) is 0.751. The van der Waals surface area contributed by atoms with Crippen molar-refractivity contribution in [2.45, 2.75) is 26.8 Å². The second kappa shape index (κ2) is 6.70. The van der Waals surface area contributed by atoms with Crippen molar-refractivity contribution < 1.29 is 0 Å². The van der Waals surface area contributed by atoms with Crippen molar-refractivity contribution in [3.63, 3.8) is 0 Å². The molecule has 0 spiro atoms. The van der Waals surface area contributed by atoms with E-state index in [-0.39, 0.29) is 0 Å². The smallest absolute Gasteiger partial charge is 0.0244 e. The molecule has 1 heterocycles. The van der Waals surface area contributed by atoms with Crippen LogP contribution in [-0.2, 0) is 0 Å². The van der Waals surface area contributed by atoms with E-state index in [1.807, 2.05) is 0 Å². The normalized spacial score (nSPS) is 24.4. The van der Waals surface area contributed by atoms with Gasteiger partial charge >= 0.3 is 0 Å². The molecule has 1 aliphatic heterocycles. The van der Waals surface area contributed by atoms with Gasteiger partial charge in [0.05, 0.1) is 0 Å². The van der Waals surface area contributed by atoms with E-state index >= 15 is 0 Å². The largest absolute Gasteiger partial charge is 0.314 e. The molecule has 1 rings (SSSR count). The molecular formula is C11H24N2S. The van der Waals surface area contributed by atoms with E-state index in [9.17, 15) is 0 Å². The van der Waals surface area contributed by atoms with Gasteiger partial charge in [0.15, 0.2) is 0 Å². The molecule has 1 fully saturated rings. The van der Waals surface area contributed by atoms with Crippen LogP contribution in [0.1, 0.15) is 20.8 Å². The lowest BCUT2D eigenvalue weighted by atomic mass is 10.0. The Kier molecular flexibility index (Phi) is 5.90. The quantitative estimate of drug-likeness (QED) is 0.704. The van der Waals surface area contributed by atoms with Gasteiger partial charge in [-0.05, 0) is 11.7 Å². The SMILES string of the molecule is CCSCCN1CCNCC1C(C)C. The zero-order valence-corrected chi connectivity index (χ0v) is 10.6. The van der Waals surface area contributed by atoms with Crippen molar-refractivity contribution in [2.75, 3.05) is 37.7 Å². The number of nitrogens with zero attached hydrogens (tertiary/aromatic N) is 1. The number of hydrogen-bond acceptors (Lipinski definition) is 3. The van der Waals surface area contributed by atoms with Gasteiger partial charge < -0.3 is 5.32 Å². The molecule has 1 atom stereocenters. The Labute approximate surface area is 92.8 Å². The fourth-order valence-electron chi connectivity index (χ4n) is 2.03. The van der Waals surface area contributed by atoms with Gasteiger partial charge in [0.2, 0.25) is 0 Å². The van der Waals surface area contributed by atoms with Crippen molar-refractivity contribution >= 4 is 11.8 Å². The van der Waals surface area contributed by atoms with Gasteiger partial charge in [-0.3, -0.25) is 4.90 Å². The average Bonchev–Trinajstić information content (AvgIpc) is 2.19. The van der Waals surface area contributed by atoms with Gasteiger partial charge in [-0.15, -0.1) is 0 Å². The van der Waals surface area contributed by atoms with Crippen LogP contribution in [0.15, 0.2) is 0 Å². The molecule has 0 amide bonds. The zero-order chi connectivity index (χ0) is 10.4. The highest BCUT2D eigenvalue weighted by atomic mass is 32.2. The molecule has 0 saturated carbocycles. The van der Waals surface area contributed by atoms with Crippen molar-refractivity contribution in [3.8, 4) is 0 Å². The molecule has 2 nitrogen and oxygen atoms in total. The van der Waals surface area contributed by atoms with Crippen molar-refractivity contribution in [3.05, 3.63) is 0 Å². The first-order chi connectivity index (χ1) is 6.75. The Bertz CT molecular complexity index is 150. The van der Waals surface area contributed by atoms with Crippen molar-refractivity contribution in [1.29, 1.82) is 0 Å². The number of hydrogen-bond donors (Lipinski definition) is 1. The van der Waals surface area contributed by atoms with Gasteiger partial charge in [0, 0.05) is 38.0 Å². The summed E-state index contributed by atoms with van der Waals surface area (Å²) >= 11 is 2.05. The third kappa shape index (κ3) is 3.79. The first-order valence-electron chi connectivity index (χ1n) is 5.78. The van der Waals surface area contributed by atoms with Crippen LogP contribution in [0.3, 0.4) is 0 Å². The maximum absolute atomic E-state index is 3.49. The molecule has 0 aromatic carbocycles. The minimum absolute atomic E-state index is 0.751. The summed E-state index contributed by atoms with van der Waals surface area (Å²) < 4.78 is 0. The molecule has 0 bridgehead atoms. The topological polar surface area (TPSA) is 15.3 Å². The van der Waals surface area contributed by atoms with Crippen molar-refractivity contribution in [1.82, 2.24) is 10.2 Å². The highest BCUT2D eigenvalue weighted by molar-refractivity contribution is 7.99. The Morgan fingerprint density at radius 3 is 2.93 bits per heavy atom. The molecule has 1 N–H and O–H groups in total. The van der Waals surface area contributed by atoms with Crippen LogP contribution in [0, 0.1) is 5.92 Å². The fraction of sp³-hybridized carbons (Fsp3) is 1.00. The summed E-state index contributed by atoms with van der Waals surface area (Å²) in [6.45, 7) is 11.7. The summed E-state index contributed by atoms with van der Waals surface area (Å²) in [5, 5.41) is 3.49. The summed E-state index contributed by atoms with van der Waals surface area (Å²) in [5.74, 6) is 3.31. The fourth-order valence-corrected chi connectivity index (χ4v) is 2.68. The van der Waals surface area contributed by atoms with E-state index in [0.717, 1.165) is 12.0 Å². The van der Waals surface area contributed by atoms with Crippen LogP contribution in [0.5, 0.6) is 0 Å². The minimum Gasteiger partial charge on any atom is -0.314 e. The van der Waals surface area contributed by atoms with Gasteiger partial charge in [-0.2, -0.15) is 11.8 Å². The van der Waals surface area contributed by atoms with Crippen LogP contribution in [-0.4, -0.2) is 48.6 Å². The molecule has 0 aromatic heterocycles. The predicted molar refractivity (Wildman–Crippen MR) is 66.1 cm³/mol. The summed E-state index contributed by atoms with van der Waals surface area (Å²) in [4.78, 5) is 2.66. The summed E-state index contributed by atoms with van der Waals surface area (Å²) in [7, 11) is 0. The highest BCUT2D eigenvalue weighted by Crippen LogP contribution is 2.13. The summed E-state index contributed by atoms with van der Waals surface area (Å²) in [5.41, 5.74) is 0. The maximum atomic E-state index is 3.49. The van der Waals surface area contributed by atoms with Crippen LogP contribution < -0.4 is 5.32 Å². The molecule has 1 saturated heterocycles.